The Hall–Kier alpha value is -2.38. The van der Waals surface area contributed by atoms with Crippen LogP contribution in [0.1, 0.15) is 42.7 Å². The van der Waals surface area contributed by atoms with Gasteiger partial charge in [0.15, 0.2) is 11.8 Å². The summed E-state index contributed by atoms with van der Waals surface area (Å²) >= 11 is 0. The molecule has 0 fully saturated rings. The van der Waals surface area contributed by atoms with E-state index in [0.717, 1.165) is 18.2 Å². The van der Waals surface area contributed by atoms with Gasteiger partial charge < -0.3 is 14.7 Å². The van der Waals surface area contributed by atoms with Crippen molar-refractivity contribution in [2.24, 2.45) is 12.0 Å². The third-order valence-corrected chi connectivity index (χ3v) is 3.44. The van der Waals surface area contributed by atoms with E-state index in [0.29, 0.717) is 24.2 Å². The largest absolute Gasteiger partial charge is 0.349 e. The highest BCUT2D eigenvalue weighted by molar-refractivity contribution is 5.79. The van der Waals surface area contributed by atoms with Crippen LogP contribution < -0.4 is 5.32 Å². The van der Waals surface area contributed by atoms with Crippen LogP contribution in [0.3, 0.4) is 0 Å². The number of hydrogen-bond donors (Lipinski definition) is 1. The molecule has 0 aliphatic rings. The number of aromatic nitrogens is 4. The van der Waals surface area contributed by atoms with Gasteiger partial charge in [-0.05, 0) is 5.92 Å². The number of nitrogens with zero attached hydrogens (tertiary/aromatic N) is 6. The molecule has 0 saturated heterocycles. The maximum absolute atomic E-state index is 4.97. The smallest absolute Gasteiger partial charge is 0.223 e. The lowest BCUT2D eigenvalue weighted by Crippen LogP contribution is -2.38. The van der Waals surface area contributed by atoms with Crippen LogP contribution in [-0.2, 0) is 20.1 Å². The average molecular weight is 319 g/mol. The summed E-state index contributed by atoms with van der Waals surface area (Å²) in [5.74, 6) is 2.33. The molecule has 2 rings (SSSR count). The first-order valence-electron chi connectivity index (χ1n) is 7.64. The van der Waals surface area contributed by atoms with Crippen LogP contribution in [0, 0.1) is 6.92 Å². The molecule has 1 N–H and O–H groups in total. The van der Waals surface area contributed by atoms with E-state index >= 15 is 0 Å². The normalized spacial score (nSPS) is 12.0. The Morgan fingerprint density at radius 1 is 1.48 bits per heavy atom. The monoisotopic (exact) mass is 319 g/mol. The van der Waals surface area contributed by atoms with Crippen LogP contribution in [0.5, 0.6) is 0 Å². The van der Waals surface area contributed by atoms with Gasteiger partial charge in [-0.15, -0.1) is 0 Å². The van der Waals surface area contributed by atoms with Crippen molar-refractivity contribution in [3.63, 3.8) is 0 Å². The van der Waals surface area contributed by atoms with Crippen LogP contribution in [0.25, 0.3) is 0 Å². The fourth-order valence-electron chi connectivity index (χ4n) is 2.45. The third-order valence-electron chi connectivity index (χ3n) is 3.44. The first-order chi connectivity index (χ1) is 10.9. The van der Waals surface area contributed by atoms with Crippen molar-refractivity contribution in [1.29, 1.82) is 0 Å². The highest BCUT2D eigenvalue weighted by Gasteiger charge is 2.15. The van der Waals surface area contributed by atoms with Gasteiger partial charge in [0.2, 0.25) is 5.89 Å². The summed E-state index contributed by atoms with van der Waals surface area (Å²) in [6.45, 7) is 7.27. The van der Waals surface area contributed by atoms with E-state index in [-0.39, 0.29) is 0 Å². The lowest BCUT2D eigenvalue weighted by Gasteiger charge is -2.21. The molecule has 0 unspecified atom stereocenters. The van der Waals surface area contributed by atoms with E-state index in [4.69, 9.17) is 4.52 Å². The first kappa shape index (κ1) is 17.0. The second-order valence-corrected chi connectivity index (χ2v) is 5.85. The van der Waals surface area contributed by atoms with Crippen molar-refractivity contribution in [3.05, 3.63) is 29.2 Å². The first-order valence-corrected chi connectivity index (χ1v) is 7.64. The van der Waals surface area contributed by atoms with Crippen molar-refractivity contribution >= 4 is 5.96 Å². The molecule has 126 valence electrons. The molecule has 0 aliphatic heterocycles. The van der Waals surface area contributed by atoms with E-state index in [1.807, 2.05) is 18.8 Å². The quantitative estimate of drug-likeness (QED) is 0.663. The van der Waals surface area contributed by atoms with Crippen molar-refractivity contribution in [2.75, 3.05) is 14.1 Å². The van der Waals surface area contributed by atoms with Gasteiger partial charge in [-0.3, -0.25) is 9.67 Å². The molecule has 2 aromatic heterocycles. The molecule has 0 aromatic carbocycles. The van der Waals surface area contributed by atoms with Gasteiger partial charge in [-0.2, -0.15) is 10.1 Å². The van der Waals surface area contributed by atoms with E-state index in [2.05, 4.69) is 50.5 Å². The molecule has 0 spiro atoms. The molecule has 23 heavy (non-hydrogen) atoms. The maximum Gasteiger partial charge on any atom is 0.223 e. The van der Waals surface area contributed by atoms with Gasteiger partial charge in [0.1, 0.15) is 0 Å². The summed E-state index contributed by atoms with van der Waals surface area (Å²) in [6.07, 6.45) is 2.06. The molecule has 8 nitrogen and oxygen atoms in total. The summed E-state index contributed by atoms with van der Waals surface area (Å²) in [6, 6.07) is 0. The fourth-order valence-corrected chi connectivity index (χ4v) is 2.45. The zero-order valence-electron chi connectivity index (χ0n) is 14.7. The Bertz CT molecular complexity index is 671. The Morgan fingerprint density at radius 3 is 2.78 bits per heavy atom. The number of aryl methyl sites for hydroxylation is 2. The predicted octanol–water partition coefficient (Wildman–Crippen LogP) is 1.44. The molecular weight excluding hydrogens is 294 g/mol. The number of nitrogens with one attached hydrogen (secondary N) is 1. The molecule has 2 heterocycles. The molecule has 0 amide bonds. The zero-order valence-corrected chi connectivity index (χ0v) is 14.7. The Balaban J connectivity index is 2.01. The summed E-state index contributed by atoms with van der Waals surface area (Å²) < 4.78 is 6.82. The van der Waals surface area contributed by atoms with Crippen molar-refractivity contribution in [3.8, 4) is 0 Å². The van der Waals surface area contributed by atoms with Crippen LogP contribution in [0.4, 0.5) is 0 Å². The van der Waals surface area contributed by atoms with Crippen molar-refractivity contribution in [2.45, 2.75) is 39.8 Å². The topological polar surface area (TPSA) is 84.4 Å². The lowest BCUT2D eigenvalue weighted by atomic mass is 10.1. The van der Waals surface area contributed by atoms with Gasteiger partial charge in [0.05, 0.1) is 12.2 Å². The Morgan fingerprint density at radius 2 is 2.22 bits per heavy atom. The minimum atomic E-state index is 0.386. The van der Waals surface area contributed by atoms with Crippen molar-refractivity contribution in [1.82, 2.24) is 30.1 Å². The summed E-state index contributed by atoms with van der Waals surface area (Å²) in [5, 5.41) is 11.7. The lowest BCUT2D eigenvalue weighted by molar-refractivity contribution is 0.386. The summed E-state index contributed by atoms with van der Waals surface area (Å²) in [7, 11) is 5.70. The Labute approximate surface area is 136 Å². The van der Waals surface area contributed by atoms with Gasteiger partial charge >= 0.3 is 0 Å². The molecule has 0 bridgehead atoms. The molecule has 2 aromatic rings. The van der Waals surface area contributed by atoms with Crippen LogP contribution in [-0.4, -0.2) is 44.9 Å². The van der Waals surface area contributed by atoms with E-state index in [9.17, 15) is 0 Å². The number of rotatable bonds is 5. The third kappa shape index (κ3) is 4.30. The molecule has 0 radical (unpaired) electrons. The van der Waals surface area contributed by atoms with Gasteiger partial charge in [0, 0.05) is 46.4 Å². The number of aliphatic imine (C=N–C) groups is 1. The van der Waals surface area contributed by atoms with Crippen molar-refractivity contribution < 1.29 is 4.52 Å². The van der Waals surface area contributed by atoms with Gasteiger partial charge in [0.25, 0.3) is 0 Å². The SMILES string of the molecule is CN=C(NCc1noc(C)n1)N(C)Cc1cn(C)nc1C(C)C. The summed E-state index contributed by atoms with van der Waals surface area (Å²) in [5.41, 5.74) is 2.31. The summed E-state index contributed by atoms with van der Waals surface area (Å²) in [4.78, 5) is 10.5. The standard InChI is InChI=1S/C15H25N7O/c1-10(2)14-12(9-22(6)19-14)8-21(5)15(16-4)17-7-13-18-11(3)23-20-13/h9-10H,7-8H2,1-6H3,(H,16,17). The van der Waals surface area contributed by atoms with Crippen LogP contribution in [0.2, 0.25) is 0 Å². The fraction of sp³-hybridized carbons (Fsp3) is 0.600. The molecule has 0 saturated carbocycles. The van der Waals surface area contributed by atoms with E-state index in [1.54, 1.807) is 14.0 Å². The van der Waals surface area contributed by atoms with E-state index < -0.39 is 0 Å². The minimum Gasteiger partial charge on any atom is -0.349 e. The molecule has 0 aliphatic carbocycles. The number of guanidine groups is 1. The van der Waals surface area contributed by atoms with E-state index in [1.165, 1.54) is 5.56 Å². The second-order valence-electron chi connectivity index (χ2n) is 5.85. The number of hydrogen-bond acceptors (Lipinski definition) is 5. The predicted molar refractivity (Wildman–Crippen MR) is 88.0 cm³/mol. The minimum absolute atomic E-state index is 0.386. The Kier molecular flexibility index (Phi) is 5.36. The molecular formula is C15H25N7O. The van der Waals surface area contributed by atoms with Crippen LogP contribution >= 0.6 is 0 Å². The van der Waals surface area contributed by atoms with Gasteiger partial charge in [-0.25, -0.2) is 0 Å². The zero-order chi connectivity index (χ0) is 17.0. The maximum atomic E-state index is 4.97. The van der Waals surface area contributed by atoms with Gasteiger partial charge in [-0.1, -0.05) is 19.0 Å². The second kappa shape index (κ2) is 7.26. The average Bonchev–Trinajstić information content (AvgIpc) is 3.05. The molecule has 8 heteroatoms. The highest BCUT2D eigenvalue weighted by atomic mass is 16.5. The van der Waals surface area contributed by atoms with Crippen LogP contribution in [0.15, 0.2) is 15.7 Å². The highest BCUT2D eigenvalue weighted by Crippen LogP contribution is 2.18. The molecule has 0 atom stereocenters.